The number of aromatic nitrogens is 1. The molecule has 0 saturated heterocycles. The highest BCUT2D eigenvalue weighted by Gasteiger charge is 2.46. The molecular weight excluding hydrogens is 718 g/mol. The molecule has 16 heteroatoms. The van der Waals surface area contributed by atoms with Crippen LogP contribution in [-0.2, 0) is 34.1 Å². The smallest absolute Gasteiger partial charge is 0.419 e. The van der Waals surface area contributed by atoms with Crippen molar-refractivity contribution in [1.82, 2.24) is 14.8 Å². The normalized spacial score (nSPS) is 14.1. The number of hydrogen-bond donors (Lipinski definition) is 3. The molecule has 1 amide bonds. The van der Waals surface area contributed by atoms with Gasteiger partial charge in [0.25, 0.3) is 5.56 Å². The Hall–Kier alpha value is -4.31. The Bertz CT molecular complexity index is 1880. The number of carbonyl (C=O) groups excluding carboxylic acids is 1. The van der Waals surface area contributed by atoms with Crippen molar-refractivity contribution in [3.63, 3.8) is 0 Å². The summed E-state index contributed by atoms with van der Waals surface area (Å²) < 4.78 is 118. The molecule has 0 aliphatic carbocycles. The lowest BCUT2D eigenvalue weighted by Gasteiger charge is -2.33. The van der Waals surface area contributed by atoms with E-state index in [-0.39, 0.29) is 53.8 Å². The van der Waals surface area contributed by atoms with Crippen LogP contribution in [0.2, 0.25) is 0 Å². The summed E-state index contributed by atoms with van der Waals surface area (Å²) in [5.74, 6) is -8.22. The number of amides is 1. The van der Waals surface area contributed by atoms with Crippen molar-refractivity contribution in [3.05, 3.63) is 91.4 Å². The van der Waals surface area contributed by atoms with Gasteiger partial charge in [0, 0.05) is 24.4 Å². The number of rotatable bonds is 14. The van der Waals surface area contributed by atoms with Gasteiger partial charge in [-0.1, -0.05) is 45.4 Å². The van der Waals surface area contributed by atoms with E-state index in [1.165, 1.54) is 26.0 Å². The average Bonchev–Trinajstić information content (AvgIpc) is 2.99. The fourth-order valence-electron chi connectivity index (χ4n) is 6.60. The van der Waals surface area contributed by atoms with Crippen molar-refractivity contribution in [2.45, 2.75) is 91.8 Å². The molecule has 0 fully saturated rings. The molecule has 292 valence electrons. The van der Waals surface area contributed by atoms with Crippen LogP contribution in [0.3, 0.4) is 0 Å². The Balaban J connectivity index is 2.34. The number of pyridine rings is 1. The number of hydrogen-bond acceptors (Lipinski definition) is 5. The van der Waals surface area contributed by atoms with Gasteiger partial charge in [0.1, 0.15) is 17.7 Å². The van der Waals surface area contributed by atoms with E-state index in [1.807, 2.05) is 4.90 Å². The summed E-state index contributed by atoms with van der Waals surface area (Å²) in [6, 6.07) is 1.67. The third kappa shape index (κ3) is 9.82. The number of carboxylic acid groups (broad SMARTS) is 1. The summed E-state index contributed by atoms with van der Waals surface area (Å²) in [5, 5.41) is 23.2. The van der Waals surface area contributed by atoms with Crippen molar-refractivity contribution in [1.29, 1.82) is 0 Å². The van der Waals surface area contributed by atoms with Crippen molar-refractivity contribution < 1.29 is 54.9 Å². The standard InChI is InChI=1S/C37H43F8N3O5/c1-8-47(9-2)11-10-23-18-48(28(49)16-25(23)36(40,41)42)27(12-19(3)4)34(52)46-35(53,17-29(50)51)31-32(38)24(15-26(33(31)39)37(43,44)45)30-21(6)13-20(5)14-22(30)7/h13-16,18-19,27,53H,8-12,17H2,1-7H3,(H,46,52)(H,50,51)/t27?,35-/m1/s1. The predicted molar refractivity (Wildman–Crippen MR) is 181 cm³/mol. The van der Waals surface area contributed by atoms with Gasteiger partial charge in [-0.3, -0.25) is 14.4 Å². The molecule has 3 aromatic rings. The molecule has 3 N–H and O–H groups in total. The number of benzene rings is 2. The summed E-state index contributed by atoms with van der Waals surface area (Å²) in [6.07, 6.45) is -12.0. The number of aliphatic hydroxyl groups is 1. The van der Waals surface area contributed by atoms with Crippen LogP contribution in [0.4, 0.5) is 35.1 Å². The maximum atomic E-state index is 16.6. The van der Waals surface area contributed by atoms with Crippen LogP contribution in [0, 0.1) is 38.3 Å². The van der Waals surface area contributed by atoms with Crippen molar-refractivity contribution >= 4 is 11.9 Å². The third-order valence-electron chi connectivity index (χ3n) is 9.00. The Morgan fingerprint density at radius 1 is 0.887 bits per heavy atom. The van der Waals surface area contributed by atoms with Gasteiger partial charge in [-0.2, -0.15) is 26.3 Å². The maximum absolute atomic E-state index is 16.6. The van der Waals surface area contributed by atoms with Gasteiger partial charge in [-0.15, -0.1) is 0 Å². The molecule has 1 unspecified atom stereocenters. The van der Waals surface area contributed by atoms with Crippen LogP contribution >= 0.6 is 0 Å². The molecule has 0 radical (unpaired) electrons. The van der Waals surface area contributed by atoms with Crippen LogP contribution in [0.15, 0.2) is 35.3 Å². The number of likely N-dealkylation sites (N-methyl/N-ethyl adjacent to an activating group) is 1. The van der Waals surface area contributed by atoms with Gasteiger partial charge in [0.2, 0.25) is 5.91 Å². The summed E-state index contributed by atoms with van der Waals surface area (Å²) in [7, 11) is 0. The number of nitrogens with one attached hydrogen (secondary N) is 1. The fraction of sp³-hybridized carbons (Fsp3) is 0.486. The fourth-order valence-corrected chi connectivity index (χ4v) is 6.60. The van der Waals surface area contributed by atoms with Crippen LogP contribution in [0.5, 0.6) is 0 Å². The van der Waals surface area contributed by atoms with Gasteiger partial charge in [-0.05, 0) is 80.9 Å². The molecule has 2 atom stereocenters. The van der Waals surface area contributed by atoms with E-state index in [9.17, 15) is 50.9 Å². The van der Waals surface area contributed by atoms with E-state index in [0.29, 0.717) is 23.2 Å². The summed E-state index contributed by atoms with van der Waals surface area (Å²) >= 11 is 0. The minimum Gasteiger partial charge on any atom is -0.481 e. The summed E-state index contributed by atoms with van der Waals surface area (Å²) in [6.45, 7) is 12.4. The zero-order chi connectivity index (χ0) is 40.4. The van der Waals surface area contributed by atoms with Crippen LogP contribution in [-0.4, -0.2) is 51.2 Å². The number of alkyl halides is 6. The Morgan fingerprint density at radius 3 is 1.91 bits per heavy atom. The van der Waals surface area contributed by atoms with Gasteiger partial charge in [0.05, 0.1) is 23.1 Å². The van der Waals surface area contributed by atoms with E-state index in [0.717, 1.165) is 6.20 Å². The SMILES string of the molecule is CCN(CC)CCc1cn(C(CC(C)C)C(=O)N[C@@](O)(CC(=O)O)c2c(F)c(-c3c(C)cc(C)cc3C)cc(C(F)(F)F)c2F)c(=O)cc1C(F)(F)F. The van der Waals surface area contributed by atoms with Gasteiger partial charge >= 0.3 is 18.3 Å². The molecule has 53 heavy (non-hydrogen) atoms. The highest BCUT2D eigenvalue weighted by atomic mass is 19.4. The van der Waals surface area contributed by atoms with E-state index in [4.69, 9.17) is 0 Å². The number of aryl methyl sites for hydroxylation is 3. The van der Waals surface area contributed by atoms with Crippen LogP contribution in [0.25, 0.3) is 11.1 Å². The van der Waals surface area contributed by atoms with E-state index >= 15 is 8.78 Å². The first-order valence-electron chi connectivity index (χ1n) is 16.8. The number of halogens is 8. The number of aliphatic carboxylic acids is 1. The van der Waals surface area contributed by atoms with Crippen molar-refractivity contribution in [2.24, 2.45) is 5.92 Å². The van der Waals surface area contributed by atoms with Gasteiger partial charge in [0.15, 0.2) is 5.72 Å². The molecule has 0 bridgehead atoms. The van der Waals surface area contributed by atoms with Crippen molar-refractivity contribution in [2.75, 3.05) is 19.6 Å². The number of nitrogens with zero attached hydrogens (tertiary/aromatic N) is 2. The zero-order valence-electron chi connectivity index (χ0n) is 30.3. The van der Waals surface area contributed by atoms with Crippen molar-refractivity contribution in [3.8, 4) is 11.1 Å². The second kappa shape index (κ2) is 16.4. The lowest BCUT2D eigenvalue weighted by Crippen LogP contribution is -2.52. The molecule has 1 aromatic heterocycles. The first-order chi connectivity index (χ1) is 24.4. The molecule has 0 spiro atoms. The molecule has 0 saturated carbocycles. The lowest BCUT2D eigenvalue weighted by molar-refractivity contribution is -0.148. The molecule has 1 heterocycles. The monoisotopic (exact) mass is 761 g/mol. The first-order valence-corrected chi connectivity index (χ1v) is 16.8. The zero-order valence-corrected chi connectivity index (χ0v) is 30.3. The quantitative estimate of drug-likeness (QED) is 0.115. The van der Waals surface area contributed by atoms with E-state index in [1.54, 1.807) is 39.9 Å². The van der Waals surface area contributed by atoms with Crippen LogP contribution < -0.4 is 10.9 Å². The molecular formula is C37H43F8N3O5. The molecule has 2 aromatic carbocycles. The van der Waals surface area contributed by atoms with E-state index in [2.05, 4.69) is 0 Å². The van der Waals surface area contributed by atoms with Gasteiger partial charge < -0.3 is 25.0 Å². The average molecular weight is 762 g/mol. The highest BCUT2D eigenvalue weighted by molar-refractivity contribution is 5.83. The Kier molecular flexibility index (Phi) is 13.3. The Morgan fingerprint density at radius 2 is 1.43 bits per heavy atom. The minimum atomic E-state index is -5.50. The van der Waals surface area contributed by atoms with Crippen LogP contribution in [0.1, 0.15) is 85.5 Å². The summed E-state index contributed by atoms with van der Waals surface area (Å²) in [5.41, 5.74) is -10.4. The van der Waals surface area contributed by atoms with Gasteiger partial charge in [-0.25, -0.2) is 8.78 Å². The molecule has 3 rings (SSSR count). The first kappa shape index (κ1) is 43.1. The third-order valence-corrected chi connectivity index (χ3v) is 9.00. The summed E-state index contributed by atoms with van der Waals surface area (Å²) in [4.78, 5) is 41.2. The topological polar surface area (TPSA) is 112 Å². The second-order valence-electron chi connectivity index (χ2n) is 13.5. The largest absolute Gasteiger partial charge is 0.481 e. The Labute approximate surface area is 301 Å². The second-order valence-corrected chi connectivity index (χ2v) is 13.5. The predicted octanol–water partition coefficient (Wildman–Crippen LogP) is 7.66. The van der Waals surface area contributed by atoms with E-state index < -0.39 is 87.8 Å². The number of carboxylic acids is 1. The molecule has 0 aliphatic heterocycles. The highest BCUT2D eigenvalue weighted by Crippen LogP contribution is 2.43. The maximum Gasteiger partial charge on any atom is 0.419 e. The minimum absolute atomic E-state index is 0.116. The molecule has 8 nitrogen and oxygen atoms in total. The number of carbonyl (C=O) groups is 2. The molecule has 0 aliphatic rings. The lowest BCUT2D eigenvalue weighted by atomic mass is 9.87.